The number of nitrogens with zero attached hydrogens (tertiary/aromatic N) is 3. The molecule has 3 rings (SSSR count). The SMILES string of the molecule is CC(C)Cc1ccc([C@@H]([NH2+][C@H](C)c2nnc(-c3ccc([N+](=O)[O-])cc3)o2)C(C)C)cc1. The zero-order valence-corrected chi connectivity index (χ0v) is 18.8. The summed E-state index contributed by atoms with van der Waals surface area (Å²) < 4.78 is 5.89. The van der Waals surface area contributed by atoms with Crippen molar-refractivity contribution >= 4 is 5.69 Å². The Morgan fingerprint density at radius 3 is 2.16 bits per heavy atom. The van der Waals surface area contributed by atoms with Crippen molar-refractivity contribution in [2.45, 2.75) is 53.1 Å². The molecule has 164 valence electrons. The third-order valence-corrected chi connectivity index (χ3v) is 5.38. The molecule has 0 bridgehead atoms. The monoisotopic (exact) mass is 423 g/mol. The van der Waals surface area contributed by atoms with E-state index in [-0.39, 0.29) is 17.8 Å². The Morgan fingerprint density at radius 1 is 0.968 bits per heavy atom. The van der Waals surface area contributed by atoms with Gasteiger partial charge < -0.3 is 9.73 Å². The number of hydrogen-bond donors (Lipinski definition) is 1. The first kappa shape index (κ1) is 22.6. The molecule has 0 aliphatic rings. The molecule has 0 amide bonds. The van der Waals surface area contributed by atoms with Gasteiger partial charge in [-0.05, 0) is 37.0 Å². The minimum absolute atomic E-state index is 0.0259. The number of nitro groups is 1. The summed E-state index contributed by atoms with van der Waals surface area (Å²) in [6, 6.07) is 15.3. The van der Waals surface area contributed by atoms with E-state index in [0.717, 1.165) is 6.42 Å². The highest BCUT2D eigenvalue weighted by Crippen LogP contribution is 2.24. The molecule has 7 heteroatoms. The summed E-state index contributed by atoms with van der Waals surface area (Å²) in [7, 11) is 0. The standard InChI is InChI=1S/C24H30N4O3/c1-15(2)14-18-6-8-19(9-7-18)22(16(3)4)25-17(5)23-26-27-24(31-23)20-10-12-21(13-11-20)28(29)30/h6-13,15-17,22,25H,14H2,1-5H3/p+1/t17-,22+/m1/s1. The lowest BCUT2D eigenvalue weighted by Crippen LogP contribution is -2.86. The average molecular weight is 424 g/mol. The predicted molar refractivity (Wildman–Crippen MR) is 119 cm³/mol. The van der Waals surface area contributed by atoms with Crippen molar-refractivity contribution in [3.63, 3.8) is 0 Å². The second kappa shape index (κ2) is 9.83. The summed E-state index contributed by atoms with van der Waals surface area (Å²) >= 11 is 0. The zero-order chi connectivity index (χ0) is 22.5. The summed E-state index contributed by atoms with van der Waals surface area (Å²) in [5.74, 6) is 1.97. The number of aromatic nitrogens is 2. The minimum Gasteiger partial charge on any atom is -0.415 e. The number of non-ortho nitro benzene ring substituents is 1. The van der Waals surface area contributed by atoms with Gasteiger partial charge >= 0.3 is 0 Å². The second-order valence-electron chi connectivity index (χ2n) is 8.84. The van der Waals surface area contributed by atoms with Crippen LogP contribution in [-0.2, 0) is 6.42 Å². The van der Waals surface area contributed by atoms with Gasteiger partial charge in [-0.15, -0.1) is 10.2 Å². The zero-order valence-electron chi connectivity index (χ0n) is 18.8. The maximum Gasteiger partial charge on any atom is 0.274 e. The number of nitro benzene ring substituents is 1. The van der Waals surface area contributed by atoms with Gasteiger partial charge in [0.15, 0.2) is 6.04 Å². The van der Waals surface area contributed by atoms with Crippen LogP contribution in [0.5, 0.6) is 0 Å². The summed E-state index contributed by atoms with van der Waals surface area (Å²) in [6.07, 6.45) is 1.08. The summed E-state index contributed by atoms with van der Waals surface area (Å²) in [4.78, 5) is 10.4. The number of rotatable bonds is 9. The summed E-state index contributed by atoms with van der Waals surface area (Å²) in [5, 5.41) is 21.5. The smallest absolute Gasteiger partial charge is 0.274 e. The minimum atomic E-state index is -0.429. The van der Waals surface area contributed by atoms with E-state index in [1.165, 1.54) is 23.3 Å². The van der Waals surface area contributed by atoms with Crippen LogP contribution in [0.4, 0.5) is 5.69 Å². The largest absolute Gasteiger partial charge is 0.415 e. The first-order valence-corrected chi connectivity index (χ1v) is 10.8. The molecule has 0 aliphatic carbocycles. The molecule has 2 N–H and O–H groups in total. The highest BCUT2D eigenvalue weighted by atomic mass is 16.6. The summed E-state index contributed by atoms with van der Waals surface area (Å²) in [6.45, 7) is 10.9. The number of nitrogens with two attached hydrogens (primary N) is 1. The lowest BCUT2D eigenvalue weighted by Gasteiger charge is -2.22. The van der Waals surface area contributed by atoms with Gasteiger partial charge in [0, 0.05) is 29.2 Å². The molecule has 1 aromatic heterocycles. The maximum atomic E-state index is 10.8. The maximum absolute atomic E-state index is 10.8. The van der Waals surface area contributed by atoms with E-state index in [4.69, 9.17) is 4.42 Å². The molecule has 0 saturated heterocycles. The Kier molecular flexibility index (Phi) is 7.17. The Bertz CT molecular complexity index is 994. The molecule has 2 atom stereocenters. The fourth-order valence-corrected chi connectivity index (χ4v) is 3.72. The fourth-order valence-electron chi connectivity index (χ4n) is 3.72. The van der Waals surface area contributed by atoms with E-state index in [2.05, 4.69) is 74.4 Å². The molecule has 0 unspecified atom stereocenters. The van der Waals surface area contributed by atoms with E-state index < -0.39 is 4.92 Å². The van der Waals surface area contributed by atoms with Gasteiger partial charge in [0.2, 0.25) is 5.89 Å². The van der Waals surface area contributed by atoms with Crippen molar-refractivity contribution < 1.29 is 14.7 Å². The number of hydrogen-bond acceptors (Lipinski definition) is 5. The van der Waals surface area contributed by atoms with Crippen molar-refractivity contribution in [2.75, 3.05) is 0 Å². The molecule has 0 aliphatic heterocycles. The number of quaternary nitrogens is 1. The molecule has 0 saturated carbocycles. The Labute approximate surface area is 183 Å². The Balaban J connectivity index is 1.72. The van der Waals surface area contributed by atoms with Crippen LogP contribution in [0, 0.1) is 22.0 Å². The summed E-state index contributed by atoms with van der Waals surface area (Å²) in [5.41, 5.74) is 3.34. The molecular weight excluding hydrogens is 392 g/mol. The Morgan fingerprint density at radius 2 is 1.61 bits per heavy atom. The first-order chi connectivity index (χ1) is 14.7. The van der Waals surface area contributed by atoms with Crippen molar-refractivity contribution in [1.29, 1.82) is 0 Å². The van der Waals surface area contributed by atoms with Crippen LogP contribution in [-0.4, -0.2) is 15.1 Å². The van der Waals surface area contributed by atoms with Gasteiger partial charge in [0.25, 0.3) is 11.6 Å². The molecule has 1 heterocycles. The normalized spacial score (nSPS) is 13.5. The molecule has 31 heavy (non-hydrogen) atoms. The van der Waals surface area contributed by atoms with E-state index in [9.17, 15) is 10.1 Å². The van der Waals surface area contributed by atoms with Crippen LogP contribution in [0.1, 0.15) is 63.7 Å². The van der Waals surface area contributed by atoms with Crippen LogP contribution >= 0.6 is 0 Å². The van der Waals surface area contributed by atoms with Gasteiger partial charge in [-0.1, -0.05) is 52.0 Å². The number of benzene rings is 2. The highest BCUT2D eigenvalue weighted by molar-refractivity contribution is 5.55. The van der Waals surface area contributed by atoms with Gasteiger partial charge in [-0.25, -0.2) is 0 Å². The first-order valence-electron chi connectivity index (χ1n) is 10.8. The third-order valence-electron chi connectivity index (χ3n) is 5.38. The fraction of sp³-hybridized carbons (Fsp3) is 0.417. The van der Waals surface area contributed by atoms with Crippen molar-refractivity contribution in [2.24, 2.45) is 11.8 Å². The quantitative estimate of drug-likeness (QED) is 0.391. The molecular formula is C24H31N4O3+. The van der Waals surface area contributed by atoms with Gasteiger partial charge in [-0.2, -0.15) is 0 Å². The molecule has 2 aromatic carbocycles. The Hall–Kier alpha value is -3.06. The van der Waals surface area contributed by atoms with E-state index in [1.54, 1.807) is 12.1 Å². The lowest BCUT2D eigenvalue weighted by molar-refractivity contribution is -0.739. The van der Waals surface area contributed by atoms with Crippen LogP contribution in [0.2, 0.25) is 0 Å². The topological polar surface area (TPSA) is 98.7 Å². The molecule has 7 nitrogen and oxygen atoms in total. The van der Waals surface area contributed by atoms with E-state index >= 15 is 0 Å². The molecule has 0 radical (unpaired) electrons. The van der Waals surface area contributed by atoms with Gasteiger partial charge in [-0.3, -0.25) is 10.1 Å². The molecule has 0 spiro atoms. The third kappa shape index (κ3) is 5.76. The lowest BCUT2D eigenvalue weighted by atomic mass is 9.93. The van der Waals surface area contributed by atoms with Crippen molar-refractivity contribution in [3.05, 3.63) is 75.7 Å². The second-order valence-corrected chi connectivity index (χ2v) is 8.84. The highest BCUT2D eigenvalue weighted by Gasteiger charge is 2.26. The predicted octanol–water partition coefficient (Wildman–Crippen LogP) is 4.87. The van der Waals surface area contributed by atoms with Gasteiger partial charge in [0.1, 0.15) is 6.04 Å². The van der Waals surface area contributed by atoms with Crippen LogP contribution in [0.3, 0.4) is 0 Å². The van der Waals surface area contributed by atoms with Crippen molar-refractivity contribution in [1.82, 2.24) is 10.2 Å². The van der Waals surface area contributed by atoms with Crippen LogP contribution in [0.15, 0.2) is 52.9 Å². The van der Waals surface area contributed by atoms with Gasteiger partial charge in [0.05, 0.1) is 4.92 Å². The average Bonchev–Trinajstić information content (AvgIpc) is 3.22. The molecule has 0 fully saturated rings. The molecule has 3 aromatic rings. The van der Waals surface area contributed by atoms with Crippen LogP contribution in [0.25, 0.3) is 11.5 Å². The van der Waals surface area contributed by atoms with Crippen molar-refractivity contribution in [3.8, 4) is 11.5 Å². The van der Waals surface area contributed by atoms with E-state index in [1.807, 2.05) is 0 Å². The van der Waals surface area contributed by atoms with Crippen LogP contribution < -0.4 is 5.32 Å². The van der Waals surface area contributed by atoms with E-state index in [0.29, 0.717) is 29.2 Å².